The molecule has 1 N–H and O–H groups in total. The molecule has 28 heavy (non-hydrogen) atoms. The maximum Gasteiger partial charge on any atom is 0.339 e. The smallest absolute Gasteiger partial charge is 0.339 e. The average molecular weight is 387 g/mol. The van der Waals surface area contributed by atoms with Gasteiger partial charge in [0.15, 0.2) is 0 Å². The van der Waals surface area contributed by atoms with E-state index in [0.29, 0.717) is 11.4 Å². The second-order valence-corrected chi connectivity index (χ2v) is 6.80. The van der Waals surface area contributed by atoms with Gasteiger partial charge in [-0.1, -0.05) is 0 Å². The van der Waals surface area contributed by atoms with Crippen molar-refractivity contribution in [3.05, 3.63) is 57.0 Å². The quantitative estimate of drug-likeness (QED) is 0.598. The van der Waals surface area contributed by atoms with Gasteiger partial charge in [-0.25, -0.2) is 4.79 Å². The average Bonchev–Trinajstić information content (AvgIpc) is 3.30. The Morgan fingerprint density at radius 3 is 2.54 bits per heavy atom. The number of nitro benzene ring substituents is 1. The van der Waals surface area contributed by atoms with E-state index in [1.165, 1.54) is 31.0 Å². The van der Waals surface area contributed by atoms with E-state index >= 15 is 0 Å². The lowest BCUT2D eigenvalue weighted by Gasteiger charge is -2.19. The van der Waals surface area contributed by atoms with Gasteiger partial charge in [-0.3, -0.25) is 14.9 Å². The summed E-state index contributed by atoms with van der Waals surface area (Å²) in [6.07, 6.45) is 1.98. The van der Waals surface area contributed by atoms with Crippen LogP contribution in [0.15, 0.2) is 28.7 Å². The summed E-state index contributed by atoms with van der Waals surface area (Å²) in [7, 11) is 1.53. The highest BCUT2D eigenvalue weighted by Gasteiger charge is 2.25. The zero-order valence-corrected chi connectivity index (χ0v) is 15.7. The number of anilines is 1. The van der Waals surface area contributed by atoms with Crippen LogP contribution in [0.1, 0.15) is 45.1 Å². The topological polar surface area (TPSA) is 117 Å². The van der Waals surface area contributed by atoms with E-state index in [9.17, 15) is 19.7 Å². The molecule has 0 atom stereocenters. The summed E-state index contributed by atoms with van der Waals surface area (Å²) in [6.45, 7) is 3.11. The molecule has 1 fully saturated rings. The van der Waals surface area contributed by atoms with Crippen molar-refractivity contribution in [3.8, 4) is 0 Å². The molecular formula is C19H21N3O6. The van der Waals surface area contributed by atoms with Crippen molar-refractivity contribution >= 4 is 23.3 Å². The fourth-order valence-corrected chi connectivity index (χ4v) is 3.39. The van der Waals surface area contributed by atoms with Crippen LogP contribution in [0.25, 0.3) is 0 Å². The highest BCUT2D eigenvalue weighted by atomic mass is 16.6. The summed E-state index contributed by atoms with van der Waals surface area (Å²) >= 11 is 0. The first kappa shape index (κ1) is 19.4. The third-order valence-electron chi connectivity index (χ3n) is 4.80. The Morgan fingerprint density at radius 2 is 1.96 bits per heavy atom. The monoisotopic (exact) mass is 387 g/mol. The molecule has 9 heteroatoms. The van der Waals surface area contributed by atoms with Crippen molar-refractivity contribution in [2.45, 2.75) is 26.3 Å². The van der Waals surface area contributed by atoms with Crippen molar-refractivity contribution < 1.29 is 24.0 Å². The van der Waals surface area contributed by atoms with Crippen molar-refractivity contribution in [1.29, 1.82) is 0 Å². The van der Waals surface area contributed by atoms with Crippen LogP contribution in [-0.2, 0) is 6.54 Å². The number of nitrogens with zero attached hydrogens (tertiary/aromatic N) is 3. The minimum absolute atomic E-state index is 0.0430. The van der Waals surface area contributed by atoms with Crippen LogP contribution in [0.3, 0.4) is 0 Å². The Morgan fingerprint density at radius 1 is 1.29 bits per heavy atom. The molecule has 1 aliphatic rings. The molecule has 2 aromatic rings. The molecule has 1 aromatic heterocycles. The highest BCUT2D eigenvalue weighted by Crippen LogP contribution is 2.32. The third-order valence-corrected chi connectivity index (χ3v) is 4.80. The van der Waals surface area contributed by atoms with Crippen LogP contribution < -0.4 is 4.90 Å². The lowest BCUT2D eigenvalue weighted by atomic mass is 10.1. The van der Waals surface area contributed by atoms with Crippen LogP contribution in [0.4, 0.5) is 11.4 Å². The summed E-state index contributed by atoms with van der Waals surface area (Å²) < 4.78 is 5.39. The van der Waals surface area contributed by atoms with Crippen LogP contribution >= 0.6 is 0 Å². The number of aryl methyl sites for hydroxylation is 1. The molecular weight excluding hydrogens is 366 g/mol. The third kappa shape index (κ3) is 3.83. The number of carboxylic acids is 1. The lowest BCUT2D eigenvalue weighted by molar-refractivity contribution is -0.384. The summed E-state index contributed by atoms with van der Waals surface area (Å²) in [5.41, 5.74) is 0.665. The molecule has 2 heterocycles. The number of carbonyl (C=O) groups is 2. The van der Waals surface area contributed by atoms with Gasteiger partial charge in [0.25, 0.3) is 11.6 Å². The molecule has 1 saturated heterocycles. The number of nitro groups is 1. The fourth-order valence-electron chi connectivity index (χ4n) is 3.39. The Labute approximate surface area is 161 Å². The molecule has 1 amide bonds. The molecule has 0 bridgehead atoms. The van der Waals surface area contributed by atoms with Crippen molar-refractivity contribution in [2.75, 3.05) is 25.0 Å². The van der Waals surface area contributed by atoms with E-state index in [-0.39, 0.29) is 29.1 Å². The van der Waals surface area contributed by atoms with E-state index in [4.69, 9.17) is 9.52 Å². The van der Waals surface area contributed by atoms with Gasteiger partial charge in [-0.2, -0.15) is 0 Å². The zero-order valence-electron chi connectivity index (χ0n) is 15.7. The lowest BCUT2D eigenvalue weighted by Crippen LogP contribution is -2.26. The maximum atomic E-state index is 12.7. The summed E-state index contributed by atoms with van der Waals surface area (Å²) in [4.78, 5) is 38.1. The molecule has 1 aliphatic heterocycles. The Kier molecular flexibility index (Phi) is 5.34. The van der Waals surface area contributed by atoms with Crippen molar-refractivity contribution in [3.63, 3.8) is 0 Å². The van der Waals surface area contributed by atoms with E-state index < -0.39 is 16.8 Å². The number of furan rings is 1. The molecule has 0 saturated carbocycles. The Balaban J connectivity index is 1.81. The van der Waals surface area contributed by atoms with E-state index in [1.807, 2.05) is 4.90 Å². The number of hydrogen-bond acceptors (Lipinski definition) is 6. The van der Waals surface area contributed by atoms with Gasteiger partial charge in [-0.05, 0) is 38.0 Å². The normalized spacial score (nSPS) is 13.6. The number of hydrogen-bond donors (Lipinski definition) is 1. The second kappa shape index (κ2) is 7.71. The van der Waals surface area contributed by atoms with Crippen LogP contribution in [-0.4, -0.2) is 46.9 Å². The van der Waals surface area contributed by atoms with Gasteiger partial charge in [-0.15, -0.1) is 0 Å². The number of aromatic carboxylic acids is 1. The SMILES string of the molecule is Cc1oc(CN(C)C(=O)c2ccc(N3CCCC3)c([N+](=O)[O-])c2)cc1C(=O)O. The van der Waals surface area contributed by atoms with Gasteiger partial charge in [0.2, 0.25) is 0 Å². The Hall–Kier alpha value is -3.36. The van der Waals surface area contributed by atoms with Gasteiger partial charge in [0, 0.05) is 31.8 Å². The highest BCUT2D eigenvalue weighted by molar-refractivity contribution is 5.95. The van der Waals surface area contributed by atoms with Gasteiger partial charge >= 0.3 is 5.97 Å². The predicted octanol–water partition coefficient (Wildman–Crippen LogP) is 3.07. The summed E-state index contributed by atoms with van der Waals surface area (Å²) in [6, 6.07) is 5.86. The number of amides is 1. The van der Waals surface area contributed by atoms with Crippen molar-refractivity contribution in [2.24, 2.45) is 0 Å². The number of benzene rings is 1. The van der Waals surface area contributed by atoms with Crippen molar-refractivity contribution in [1.82, 2.24) is 4.90 Å². The van der Waals surface area contributed by atoms with Crippen LogP contribution in [0.5, 0.6) is 0 Å². The van der Waals surface area contributed by atoms with Gasteiger partial charge < -0.3 is 19.3 Å². The molecule has 0 unspecified atom stereocenters. The first-order valence-electron chi connectivity index (χ1n) is 8.89. The van der Waals surface area contributed by atoms with Gasteiger partial charge in [0.1, 0.15) is 22.8 Å². The molecule has 0 aliphatic carbocycles. The Bertz CT molecular complexity index is 930. The molecule has 148 valence electrons. The number of carboxylic acid groups (broad SMARTS) is 1. The van der Waals surface area contributed by atoms with E-state index in [1.54, 1.807) is 12.1 Å². The standard InChI is InChI=1S/C19H21N3O6/c1-12-15(19(24)25)10-14(28-12)11-20(2)18(23)13-5-6-16(17(9-13)22(26)27)21-7-3-4-8-21/h5-6,9-10H,3-4,7-8,11H2,1-2H3,(H,24,25). The van der Waals surface area contributed by atoms with Crippen LogP contribution in [0.2, 0.25) is 0 Å². The number of carbonyl (C=O) groups excluding carboxylic acids is 1. The van der Waals surface area contributed by atoms with Crippen LogP contribution in [0, 0.1) is 17.0 Å². The molecule has 0 radical (unpaired) electrons. The minimum Gasteiger partial charge on any atom is -0.478 e. The molecule has 0 spiro atoms. The molecule has 1 aromatic carbocycles. The minimum atomic E-state index is -1.10. The van der Waals surface area contributed by atoms with Gasteiger partial charge in [0.05, 0.1) is 11.5 Å². The first-order valence-corrected chi connectivity index (χ1v) is 8.89. The fraction of sp³-hybridized carbons (Fsp3) is 0.368. The van der Waals surface area contributed by atoms with E-state index in [0.717, 1.165) is 25.9 Å². The molecule has 9 nitrogen and oxygen atoms in total. The summed E-state index contributed by atoms with van der Waals surface area (Å²) in [5.74, 6) is -0.931. The first-order chi connectivity index (χ1) is 13.3. The predicted molar refractivity (Wildman–Crippen MR) is 101 cm³/mol. The second-order valence-electron chi connectivity index (χ2n) is 6.80. The number of rotatable bonds is 6. The van der Waals surface area contributed by atoms with E-state index in [2.05, 4.69) is 0 Å². The zero-order chi connectivity index (χ0) is 20.4. The maximum absolute atomic E-state index is 12.7. The largest absolute Gasteiger partial charge is 0.478 e. The molecule has 3 rings (SSSR count). The summed E-state index contributed by atoms with van der Waals surface area (Å²) in [5, 5.41) is 20.6.